The summed E-state index contributed by atoms with van der Waals surface area (Å²) in [5, 5.41) is 7.93. The van der Waals surface area contributed by atoms with Gasteiger partial charge in [-0.2, -0.15) is 14.6 Å². The lowest BCUT2D eigenvalue weighted by Gasteiger charge is -2.38. The molecule has 0 bridgehead atoms. The summed E-state index contributed by atoms with van der Waals surface area (Å²) in [4.78, 5) is 8.66. The van der Waals surface area contributed by atoms with Gasteiger partial charge in [-0.15, -0.1) is 0 Å². The summed E-state index contributed by atoms with van der Waals surface area (Å²) in [5.41, 5.74) is 0.956. The minimum Gasteiger partial charge on any atom is -0.378 e. The maximum atomic E-state index is 6.12. The van der Waals surface area contributed by atoms with Crippen molar-refractivity contribution in [2.24, 2.45) is 0 Å². The number of anilines is 1. The van der Waals surface area contributed by atoms with Crippen LogP contribution in [0.4, 0.5) is 5.82 Å². The van der Waals surface area contributed by atoms with Crippen molar-refractivity contribution in [3.05, 3.63) is 18.1 Å². The largest absolute Gasteiger partial charge is 0.378 e. The van der Waals surface area contributed by atoms with Gasteiger partial charge in [-0.25, -0.2) is 4.98 Å². The molecule has 0 radical (unpaired) electrons. The lowest BCUT2D eigenvalue weighted by atomic mass is 9.89. The Bertz CT molecular complexity index is 680. The third-order valence-corrected chi connectivity index (χ3v) is 4.96. The number of nitrogens with one attached hydrogen (secondary N) is 1. The van der Waals surface area contributed by atoms with Crippen LogP contribution in [0.5, 0.6) is 0 Å². The second-order valence-corrected chi connectivity index (χ2v) is 6.61. The minimum absolute atomic E-state index is 0.0970. The molecule has 1 aliphatic carbocycles. The minimum atomic E-state index is 0.0970. The summed E-state index contributed by atoms with van der Waals surface area (Å²) < 4.78 is 13.1. The Labute approximate surface area is 135 Å². The van der Waals surface area contributed by atoms with E-state index >= 15 is 0 Å². The van der Waals surface area contributed by atoms with Crippen molar-refractivity contribution in [1.82, 2.24) is 19.6 Å². The van der Waals surface area contributed by atoms with Crippen molar-refractivity contribution in [1.29, 1.82) is 0 Å². The molecule has 7 heteroatoms. The molecule has 1 unspecified atom stereocenters. The lowest BCUT2D eigenvalue weighted by Crippen LogP contribution is -2.42. The van der Waals surface area contributed by atoms with Gasteiger partial charge < -0.3 is 14.8 Å². The van der Waals surface area contributed by atoms with E-state index in [9.17, 15) is 0 Å². The number of hydrogen-bond acceptors (Lipinski definition) is 6. The first-order valence-corrected chi connectivity index (χ1v) is 8.37. The zero-order valence-electron chi connectivity index (χ0n) is 13.5. The maximum absolute atomic E-state index is 6.12. The molecule has 1 aliphatic heterocycles. The molecular formula is C16H23N5O2. The molecule has 3 heterocycles. The Morgan fingerprint density at radius 3 is 3.13 bits per heavy atom. The van der Waals surface area contributed by atoms with E-state index < -0.39 is 0 Å². The fraction of sp³-hybridized carbons (Fsp3) is 0.688. The van der Waals surface area contributed by atoms with Crippen LogP contribution >= 0.6 is 0 Å². The monoisotopic (exact) mass is 317 g/mol. The second kappa shape index (κ2) is 6.05. The number of nitrogens with zero attached hydrogens (tertiary/aromatic N) is 4. The second-order valence-electron chi connectivity index (χ2n) is 6.61. The van der Waals surface area contributed by atoms with Gasteiger partial charge in [-0.1, -0.05) is 12.8 Å². The van der Waals surface area contributed by atoms with E-state index in [0.29, 0.717) is 18.4 Å². The standard InChI is InChI=1S/C16H23N5O2/c1-22-10-13-8-14(21-15(20-13)17-11-18-21)19-12-4-7-23-16(9-12)5-2-3-6-16/h8,11-12,19H,2-7,9-10H2,1H3. The first kappa shape index (κ1) is 14.8. The molecule has 0 amide bonds. The van der Waals surface area contributed by atoms with Crippen LogP contribution in [0, 0.1) is 0 Å². The number of aromatic nitrogens is 4. The van der Waals surface area contributed by atoms with Gasteiger partial charge in [0.25, 0.3) is 5.78 Å². The average Bonchev–Trinajstić information content (AvgIpc) is 3.17. The van der Waals surface area contributed by atoms with E-state index in [1.165, 1.54) is 32.0 Å². The molecule has 1 spiro atoms. The molecule has 2 fully saturated rings. The number of fused-ring (bicyclic) bond motifs is 1. The Kier molecular flexibility index (Phi) is 3.90. The summed E-state index contributed by atoms with van der Waals surface area (Å²) in [5.74, 6) is 1.53. The van der Waals surface area contributed by atoms with Crippen molar-refractivity contribution in [3.63, 3.8) is 0 Å². The Hall–Kier alpha value is -1.73. The number of rotatable bonds is 4. The summed E-state index contributed by atoms with van der Waals surface area (Å²) in [7, 11) is 1.67. The highest BCUT2D eigenvalue weighted by molar-refractivity contribution is 5.45. The van der Waals surface area contributed by atoms with Gasteiger partial charge in [-0.05, 0) is 25.7 Å². The van der Waals surface area contributed by atoms with Gasteiger partial charge in [0.1, 0.15) is 12.1 Å². The number of ether oxygens (including phenoxy) is 2. The molecule has 124 valence electrons. The summed E-state index contributed by atoms with van der Waals surface area (Å²) in [6.45, 7) is 1.30. The van der Waals surface area contributed by atoms with Crippen LogP contribution in [0.1, 0.15) is 44.2 Å². The normalized spacial score (nSPS) is 23.6. The van der Waals surface area contributed by atoms with Crippen LogP contribution in [-0.2, 0) is 16.1 Å². The van der Waals surface area contributed by atoms with Gasteiger partial charge in [0.2, 0.25) is 0 Å². The van der Waals surface area contributed by atoms with Crippen molar-refractivity contribution in [2.45, 2.75) is 56.8 Å². The summed E-state index contributed by atoms with van der Waals surface area (Å²) >= 11 is 0. The van der Waals surface area contributed by atoms with E-state index in [1.54, 1.807) is 11.6 Å². The van der Waals surface area contributed by atoms with Gasteiger partial charge >= 0.3 is 0 Å². The molecule has 1 saturated heterocycles. The zero-order chi connectivity index (χ0) is 15.7. The highest BCUT2D eigenvalue weighted by atomic mass is 16.5. The number of hydrogen-bond donors (Lipinski definition) is 1. The van der Waals surface area contributed by atoms with E-state index in [0.717, 1.165) is 31.0 Å². The molecule has 2 aromatic rings. The maximum Gasteiger partial charge on any atom is 0.254 e. The molecule has 4 rings (SSSR count). The van der Waals surface area contributed by atoms with Crippen LogP contribution in [0.2, 0.25) is 0 Å². The molecule has 2 aliphatic rings. The zero-order valence-corrected chi connectivity index (χ0v) is 13.5. The van der Waals surface area contributed by atoms with E-state index in [2.05, 4.69) is 20.4 Å². The average molecular weight is 317 g/mol. The SMILES string of the molecule is COCc1cc(NC2CCOC3(CCCC3)C2)n2ncnc2n1. The third-order valence-electron chi connectivity index (χ3n) is 4.96. The highest BCUT2D eigenvalue weighted by Gasteiger charge is 2.40. The lowest BCUT2D eigenvalue weighted by molar-refractivity contribution is -0.0767. The van der Waals surface area contributed by atoms with Crippen molar-refractivity contribution < 1.29 is 9.47 Å². The molecule has 7 nitrogen and oxygen atoms in total. The predicted octanol–water partition coefficient (Wildman–Crippen LogP) is 2.17. The van der Waals surface area contributed by atoms with Crippen LogP contribution in [-0.4, -0.2) is 44.9 Å². The Morgan fingerprint density at radius 1 is 1.43 bits per heavy atom. The fourth-order valence-corrected chi connectivity index (χ4v) is 3.91. The van der Waals surface area contributed by atoms with Gasteiger partial charge in [-0.3, -0.25) is 0 Å². The Morgan fingerprint density at radius 2 is 2.30 bits per heavy atom. The van der Waals surface area contributed by atoms with Crippen LogP contribution < -0.4 is 5.32 Å². The smallest absolute Gasteiger partial charge is 0.254 e. The first-order valence-electron chi connectivity index (χ1n) is 8.37. The molecular weight excluding hydrogens is 294 g/mol. The van der Waals surface area contributed by atoms with E-state index in [1.807, 2.05) is 6.07 Å². The molecule has 1 saturated carbocycles. The quantitative estimate of drug-likeness (QED) is 0.931. The van der Waals surface area contributed by atoms with Crippen LogP contribution in [0.25, 0.3) is 5.78 Å². The third kappa shape index (κ3) is 2.90. The Balaban J connectivity index is 1.57. The number of methoxy groups -OCH3 is 1. The first-order chi connectivity index (χ1) is 11.3. The molecule has 23 heavy (non-hydrogen) atoms. The van der Waals surface area contributed by atoms with Crippen LogP contribution in [0.3, 0.4) is 0 Å². The summed E-state index contributed by atoms with van der Waals surface area (Å²) in [6.07, 6.45) is 8.56. The molecule has 2 aromatic heterocycles. The van der Waals surface area contributed by atoms with Crippen molar-refractivity contribution >= 4 is 11.6 Å². The molecule has 1 atom stereocenters. The molecule has 1 N–H and O–H groups in total. The highest BCUT2D eigenvalue weighted by Crippen LogP contribution is 2.40. The van der Waals surface area contributed by atoms with E-state index in [-0.39, 0.29) is 5.60 Å². The predicted molar refractivity (Wildman–Crippen MR) is 85.3 cm³/mol. The van der Waals surface area contributed by atoms with Gasteiger partial charge in [0, 0.05) is 25.8 Å². The topological polar surface area (TPSA) is 73.6 Å². The van der Waals surface area contributed by atoms with Gasteiger partial charge in [0.15, 0.2) is 0 Å². The molecule has 0 aromatic carbocycles. The van der Waals surface area contributed by atoms with E-state index in [4.69, 9.17) is 9.47 Å². The van der Waals surface area contributed by atoms with Crippen molar-refractivity contribution in [3.8, 4) is 0 Å². The fourth-order valence-electron chi connectivity index (χ4n) is 3.91. The van der Waals surface area contributed by atoms with Crippen molar-refractivity contribution in [2.75, 3.05) is 19.0 Å². The van der Waals surface area contributed by atoms with Crippen LogP contribution in [0.15, 0.2) is 12.4 Å². The summed E-state index contributed by atoms with van der Waals surface area (Å²) in [6, 6.07) is 2.40. The van der Waals surface area contributed by atoms with Gasteiger partial charge in [0.05, 0.1) is 17.9 Å².